The standard InChI is InChI=1S/C5H9N9/c6-3-4(7)11-13-14(5(3)8)2-1-9-12-10-2/h1,13H,6,8H2,(H2,7,11)(H,9,10,12). The molecular formula is C5H9N9. The van der Waals surface area contributed by atoms with E-state index >= 15 is 0 Å². The van der Waals surface area contributed by atoms with Crippen molar-refractivity contribution in [1.82, 2.24) is 20.9 Å². The van der Waals surface area contributed by atoms with Crippen molar-refractivity contribution in [2.75, 3.05) is 5.01 Å². The number of nitrogens with zero attached hydrogens (tertiary/aromatic N) is 4. The molecule has 2 heterocycles. The zero-order valence-electron chi connectivity index (χ0n) is 7.10. The Hall–Kier alpha value is -2.45. The van der Waals surface area contributed by atoms with Gasteiger partial charge in [-0.2, -0.15) is 0 Å². The highest BCUT2D eigenvalue weighted by Crippen LogP contribution is 2.12. The van der Waals surface area contributed by atoms with Crippen LogP contribution in [0.15, 0.2) is 22.8 Å². The van der Waals surface area contributed by atoms with E-state index in [1.165, 1.54) is 11.2 Å². The fourth-order valence-electron chi connectivity index (χ4n) is 0.949. The zero-order valence-corrected chi connectivity index (χ0v) is 7.10. The van der Waals surface area contributed by atoms with Gasteiger partial charge < -0.3 is 17.2 Å². The highest BCUT2D eigenvalue weighted by atomic mass is 15.7. The van der Waals surface area contributed by atoms with Gasteiger partial charge in [0.2, 0.25) is 0 Å². The van der Waals surface area contributed by atoms with Crippen molar-refractivity contribution in [1.29, 1.82) is 0 Å². The molecule has 1 aliphatic heterocycles. The Morgan fingerprint density at radius 3 is 2.71 bits per heavy atom. The van der Waals surface area contributed by atoms with Crippen LogP contribution in [0.2, 0.25) is 0 Å². The first-order chi connectivity index (χ1) is 6.70. The molecule has 1 aromatic rings. The second-order valence-corrected chi connectivity index (χ2v) is 2.56. The van der Waals surface area contributed by atoms with E-state index in [0.29, 0.717) is 5.82 Å². The number of aromatic nitrogens is 3. The van der Waals surface area contributed by atoms with Crippen molar-refractivity contribution in [3.63, 3.8) is 0 Å². The van der Waals surface area contributed by atoms with E-state index in [9.17, 15) is 0 Å². The summed E-state index contributed by atoms with van der Waals surface area (Å²) in [5.41, 5.74) is 19.5. The summed E-state index contributed by atoms with van der Waals surface area (Å²) in [5, 5.41) is 14.9. The summed E-state index contributed by atoms with van der Waals surface area (Å²) >= 11 is 0. The van der Waals surface area contributed by atoms with Gasteiger partial charge in [-0.15, -0.1) is 10.2 Å². The molecule has 0 spiro atoms. The van der Waals surface area contributed by atoms with E-state index < -0.39 is 0 Å². The predicted molar refractivity (Wildman–Crippen MR) is 49.0 cm³/mol. The molecule has 1 aromatic heterocycles. The predicted octanol–water partition coefficient (Wildman–Crippen LogP) is -2.51. The minimum absolute atomic E-state index is 0.141. The molecule has 0 saturated heterocycles. The fourth-order valence-corrected chi connectivity index (χ4v) is 0.949. The molecule has 0 saturated carbocycles. The van der Waals surface area contributed by atoms with Gasteiger partial charge in [0.05, 0.1) is 6.20 Å². The summed E-state index contributed by atoms with van der Waals surface area (Å²) in [6, 6.07) is 0. The zero-order chi connectivity index (χ0) is 10.1. The van der Waals surface area contributed by atoms with Crippen molar-refractivity contribution < 1.29 is 0 Å². The van der Waals surface area contributed by atoms with Gasteiger partial charge in [0.25, 0.3) is 0 Å². The molecule has 0 radical (unpaired) electrons. The summed E-state index contributed by atoms with van der Waals surface area (Å²) in [5.74, 6) is 0.815. The van der Waals surface area contributed by atoms with Crippen molar-refractivity contribution in [2.45, 2.75) is 0 Å². The molecule has 9 nitrogen and oxygen atoms in total. The lowest BCUT2D eigenvalue weighted by molar-refractivity contribution is 0.685. The summed E-state index contributed by atoms with van der Waals surface area (Å²) in [7, 11) is 0. The first-order valence-electron chi connectivity index (χ1n) is 3.71. The molecular weight excluding hydrogens is 186 g/mol. The van der Waals surface area contributed by atoms with E-state index in [1.807, 2.05) is 0 Å². The van der Waals surface area contributed by atoms with Crippen LogP contribution in [0.4, 0.5) is 5.82 Å². The average Bonchev–Trinajstić information content (AvgIpc) is 2.67. The quantitative estimate of drug-likeness (QED) is 0.332. The van der Waals surface area contributed by atoms with Gasteiger partial charge in [-0.1, -0.05) is 5.21 Å². The van der Waals surface area contributed by atoms with Gasteiger partial charge in [0.15, 0.2) is 17.5 Å². The number of nitrogens with one attached hydrogen (secondary N) is 2. The van der Waals surface area contributed by atoms with Gasteiger partial charge in [0, 0.05) is 0 Å². The molecule has 9 heteroatoms. The van der Waals surface area contributed by atoms with Crippen LogP contribution >= 0.6 is 0 Å². The lowest BCUT2D eigenvalue weighted by Gasteiger charge is -2.25. The number of hydrogen-bond acceptors (Lipinski definition) is 8. The van der Waals surface area contributed by atoms with E-state index in [0.717, 1.165) is 0 Å². The summed E-state index contributed by atoms with van der Waals surface area (Å²) < 4.78 is 0. The normalized spacial score (nSPS) is 16.6. The van der Waals surface area contributed by atoms with Crippen LogP contribution in [-0.4, -0.2) is 21.2 Å². The van der Waals surface area contributed by atoms with Crippen LogP contribution in [0, 0.1) is 0 Å². The van der Waals surface area contributed by atoms with Gasteiger partial charge >= 0.3 is 0 Å². The minimum atomic E-state index is 0.141. The molecule has 0 atom stereocenters. The number of rotatable bonds is 1. The van der Waals surface area contributed by atoms with Gasteiger partial charge in [-0.25, -0.2) is 10.5 Å². The van der Waals surface area contributed by atoms with Crippen molar-refractivity contribution in [2.24, 2.45) is 22.3 Å². The molecule has 0 amide bonds. The molecule has 0 fully saturated rings. The third kappa shape index (κ3) is 1.07. The maximum atomic E-state index is 5.68. The van der Waals surface area contributed by atoms with Crippen molar-refractivity contribution in [3.05, 3.63) is 17.7 Å². The fraction of sp³-hybridized carbons (Fsp3) is 0. The monoisotopic (exact) mass is 195 g/mol. The van der Waals surface area contributed by atoms with Gasteiger partial charge in [-0.05, 0) is 0 Å². The minimum Gasteiger partial charge on any atom is -0.393 e. The number of H-pyrrole nitrogens is 1. The summed E-state index contributed by atoms with van der Waals surface area (Å²) in [6.07, 6.45) is 1.53. The SMILES string of the molecule is NC1=NNN(c2c[nH]nn2)C(N)=C1N. The lowest BCUT2D eigenvalue weighted by Crippen LogP contribution is -2.46. The lowest BCUT2D eigenvalue weighted by atomic mass is 10.4. The number of amidine groups is 1. The van der Waals surface area contributed by atoms with E-state index in [4.69, 9.17) is 17.2 Å². The number of hydrogen-bond donors (Lipinski definition) is 5. The Balaban J connectivity index is 2.35. The molecule has 2 rings (SSSR count). The number of nitrogens with two attached hydrogens (primary N) is 3. The number of aromatic amines is 1. The number of anilines is 1. The smallest absolute Gasteiger partial charge is 0.196 e. The number of hydrazone groups is 1. The molecule has 14 heavy (non-hydrogen) atoms. The molecule has 0 unspecified atom stereocenters. The molecule has 0 aliphatic carbocycles. The van der Waals surface area contributed by atoms with Crippen LogP contribution in [0.3, 0.4) is 0 Å². The first-order valence-corrected chi connectivity index (χ1v) is 3.71. The van der Waals surface area contributed by atoms with Crippen molar-refractivity contribution >= 4 is 11.7 Å². The molecule has 74 valence electrons. The Bertz CT molecular complexity index is 387. The van der Waals surface area contributed by atoms with Crippen LogP contribution in [0.1, 0.15) is 0 Å². The third-order valence-electron chi connectivity index (χ3n) is 1.70. The van der Waals surface area contributed by atoms with Crippen LogP contribution < -0.4 is 27.7 Å². The highest BCUT2D eigenvalue weighted by molar-refractivity contribution is 5.97. The summed E-state index contributed by atoms with van der Waals surface area (Å²) in [4.78, 5) is 0. The Kier molecular flexibility index (Phi) is 1.63. The molecule has 0 bridgehead atoms. The van der Waals surface area contributed by atoms with Gasteiger partial charge in [-0.3, -0.25) is 5.10 Å². The third-order valence-corrected chi connectivity index (χ3v) is 1.70. The Morgan fingerprint density at radius 2 is 2.07 bits per heavy atom. The molecule has 0 aromatic carbocycles. The Labute approximate surface area is 78.6 Å². The van der Waals surface area contributed by atoms with Gasteiger partial charge in [0.1, 0.15) is 5.70 Å². The highest BCUT2D eigenvalue weighted by Gasteiger charge is 2.20. The van der Waals surface area contributed by atoms with E-state index in [2.05, 4.69) is 26.0 Å². The summed E-state index contributed by atoms with van der Waals surface area (Å²) in [6.45, 7) is 0. The van der Waals surface area contributed by atoms with E-state index in [-0.39, 0.29) is 17.4 Å². The average molecular weight is 195 g/mol. The second kappa shape index (κ2) is 2.80. The largest absolute Gasteiger partial charge is 0.393 e. The molecule has 8 N–H and O–H groups in total. The van der Waals surface area contributed by atoms with Crippen molar-refractivity contribution in [3.8, 4) is 0 Å². The van der Waals surface area contributed by atoms with Crippen LogP contribution in [0.25, 0.3) is 0 Å². The number of hydrazine groups is 1. The maximum absolute atomic E-state index is 5.68. The Morgan fingerprint density at radius 1 is 1.29 bits per heavy atom. The first kappa shape index (κ1) is 8.16. The maximum Gasteiger partial charge on any atom is 0.196 e. The second-order valence-electron chi connectivity index (χ2n) is 2.56. The topological polar surface area (TPSA) is 147 Å². The van der Waals surface area contributed by atoms with E-state index in [1.54, 1.807) is 0 Å². The van der Waals surface area contributed by atoms with Crippen LogP contribution in [-0.2, 0) is 0 Å². The molecule has 1 aliphatic rings. The van der Waals surface area contributed by atoms with Crippen LogP contribution in [0.5, 0.6) is 0 Å².